The lowest BCUT2D eigenvalue weighted by Crippen LogP contribution is -2.27. The van der Waals surface area contributed by atoms with Crippen molar-refractivity contribution < 1.29 is 14.5 Å². The van der Waals surface area contributed by atoms with E-state index >= 15 is 0 Å². The van der Waals surface area contributed by atoms with Gasteiger partial charge in [0.1, 0.15) is 5.69 Å². The minimum Gasteiger partial charge on any atom is -0.385 e. The maximum absolute atomic E-state index is 12.9. The minimum atomic E-state index is -0.447. The first-order valence-corrected chi connectivity index (χ1v) is 9.60. The topological polar surface area (TPSA) is 99.3 Å². The Labute approximate surface area is 174 Å². The molecular weight excluding hydrogens is 384 g/mol. The summed E-state index contributed by atoms with van der Waals surface area (Å²) in [5.41, 5.74) is 4.56. The van der Waals surface area contributed by atoms with Gasteiger partial charge in [-0.05, 0) is 50.1 Å². The molecule has 1 N–H and O–H groups in total. The van der Waals surface area contributed by atoms with Crippen LogP contribution in [0.15, 0.2) is 48.5 Å². The number of benzene rings is 2. The predicted octanol–water partition coefficient (Wildman–Crippen LogP) is 3.83. The molecule has 0 unspecified atom stereocenters. The number of non-ortho nitro benzene ring substituents is 1. The zero-order valence-corrected chi connectivity index (χ0v) is 17.2. The zero-order chi connectivity index (χ0) is 21.7. The van der Waals surface area contributed by atoms with E-state index in [9.17, 15) is 14.9 Å². The molecule has 0 bridgehead atoms. The molecule has 3 aromatic rings. The number of aryl methyl sites for hydroxylation is 2. The van der Waals surface area contributed by atoms with Crippen LogP contribution in [0.5, 0.6) is 0 Å². The molecule has 0 aliphatic heterocycles. The number of hydrogen-bond acceptors (Lipinski definition) is 5. The van der Waals surface area contributed by atoms with Gasteiger partial charge in [0, 0.05) is 38.0 Å². The third kappa shape index (κ3) is 4.72. The lowest BCUT2D eigenvalue weighted by molar-refractivity contribution is -0.384. The molecule has 0 radical (unpaired) electrons. The van der Waals surface area contributed by atoms with E-state index < -0.39 is 4.92 Å². The maximum Gasteiger partial charge on any atom is 0.270 e. The Bertz CT molecular complexity index is 1060. The average molecular weight is 408 g/mol. The third-order valence-electron chi connectivity index (χ3n) is 4.71. The third-order valence-corrected chi connectivity index (χ3v) is 4.71. The van der Waals surface area contributed by atoms with Crippen molar-refractivity contribution >= 4 is 11.6 Å². The number of rotatable bonds is 8. The van der Waals surface area contributed by atoms with E-state index in [1.165, 1.54) is 12.1 Å². The van der Waals surface area contributed by atoms with Crippen LogP contribution in [0.2, 0.25) is 0 Å². The van der Waals surface area contributed by atoms with Crippen molar-refractivity contribution in [3.8, 4) is 16.9 Å². The van der Waals surface area contributed by atoms with Gasteiger partial charge >= 0.3 is 0 Å². The Hall–Kier alpha value is -3.52. The summed E-state index contributed by atoms with van der Waals surface area (Å²) in [7, 11) is 1.62. The van der Waals surface area contributed by atoms with Crippen molar-refractivity contribution in [2.75, 3.05) is 20.3 Å². The second-order valence-corrected chi connectivity index (χ2v) is 7.02. The monoisotopic (exact) mass is 408 g/mol. The fourth-order valence-electron chi connectivity index (χ4n) is 3.17. The predicted molar refractivity (Wildman–Crippen MR) is 114 cm³/mol. The Kier molecular flexibility index (Phi) is 6.58. The first-order chi connectivity index (χ1) is 14.4. The molecule has 0 atom stereocenters. The molecule has 0 saturated carbocycles. The molecule has 156 valence electrons. The van der Waals surface area contributed by atoms with Crippen LogP contribution in [-0.2, 0) is 4.74 Å². The first kappa shape index (κ1) is 21.2. The molecule has 8 nitrogen and oxygen atoms in total. The lowest BCUT2D eigenvalue weighted by atomic mass is 10.1. The average Bonchev–Trinajstić information content (AvgIpc) is 3.16. The summed E-state index contributed by atoms with van der Waals surface area (Å²) in [6.45, 7) is 5.02. The number of nitro groups is 1. The minimum absolute atomic E-state index is 0.00340. The molecule has 2 aromatic carbocycles. The Morgan fingerprint density at radius 3 is 2.53 bits per heavy atom. The van der Waals surface area contributed by atoms with Crippen molar-refractivity contribution in [2.24, 2.45) is 0 Å². The lowest BCUT2D eigenvalue weighted by Gasteiger charge is -2.11. The molecule has 1 amide bonds. The van der Waals surface area contributed by atoms with Gasteiger partial charge in [-0.1, -0.05) is 17.7 Å². The first-order valence-electron chi connectivity index (χ1n) is 9.60. The van der Waals surface area contributed by atoms with Crippen LogP contribution in [0, 0.1) is 24.0 Å². The van der Waals surface area contributed by atoms with Crippen LogP contribution in [-0.4, -0.2) is 40.9 Å². The van der Waals surface area contributed by atoms with Crippen molar-refractivity contribution in [1.29, 1.82) is 0 Å². The standard InChI is InChI=1S/C22H24N4O4/c1-15-5-10-20(16(2)13-15)25-21(22(27)23-11-4-12-30-3)14-19(24-25)17-6-8-18(9-7-17)26(28)29/h5-10,13-14H,4,11-12H2,1-3H3,(H,23,27). The van der Waals surface area contributed by atoms with Crippen molar-refractivity contribution in [3.05, 3.63) is 75.5 Å². The number of hydrogen-bond donors (Lipinski definition) is 1. The van der Waals surface area contributed by atoms with Gasteiger partial charge in [0.2, 0.25) is 0 Å². The number of carbonyl (C=O) groups excluding carboxylic acids is 1. The fourth-order valence-corrected chi connectivity index (χ4v) is 3.17. The van der Waals surface area contributed by atoms with Gasteiger partial charge in [-0.15, -0.1) is 0 Å². The van der Waals surface area contributed by atoms with Gasteiger partial charge in [-0.25, -0.2) is 4.68 Å². The Balaban J connectivity index is 2.00. The molecule has 1 aromatic heterocycles. The molecule has 3 rings (SSSR count). The van der Waals surface area contributed by atoms with Crippen molar-refractivity contribution in [3.63, 3.8) is 0 Å². The van der Waals surface area contributed by atoms with Gasteiger partial charge in [-0.3, -0.25) is 14.9 Å². The van der Waals surface area contributed by atoms with Crippen molar-refractivity contribution in [2.45, 2.75) is 20.3 Å². The molecular formula is C22H24N4O4. The SMILES string of the molecule is COCCCNC(=O)c1cc(-c2ccc([N+](=O)[O-])cc2)nn1-c1ccc(C)cc1C. The summed E-state index contributed by atoms with van der Waals surface area (Å²) in [5, 5.41) is 18.5. The van der Waals surface area contributed by atoms with Gasteiger partial charge < -0.3 is 10.1 Å². The van der Waals surface area contributed by atoms with Gasteiger partial charge in [0.15, 0.2) is 0 Å². The summed E-state index contributed by atoms with van der Waals surface area (Å²) < 4.78 is 6.64. The van der Waals surface area contributed by atoms with E-state index in [2.05, 4.69) is 10.4 Å². The number of amides is 1. The summed E-state index contributed by atoms with van der Waals surface area (Å²) in [5.74, 6) is -0.244. The van der Waals surface area contributed by atoms with E-state index in [1.54, 1.807) is 30.0 Å². The number of carbonyl (C=O) groups is 1. The van der Waals surface area contributed by atoms with E-state index in [-0.39, 0.29) is 11.6 Å². The summed E-state index contributed by atoms with van der Waals surface area (Å²) in [4.78, 5) is 23.3. The zero-order valence-electron chi connectivity index (χ0n) is 17.2. The summed E-state index contributed by atoms with van der Waals surface area (Å²) >= 11 is 0. The number of methoxy groups -OCH3 is 1. The molecule has 8 heteroatoms. The van der Waals surface area contributed by atoms with Crippen LogP contribution in [0.4, 0.5) is 5.69 Å². The highest BCUT2D eigenvalue weighted by Gasteiger charge is 2.19. The van der Waals surface area contributed by atoms with Crippen LogP contribution >= 0.6 is 0 Å². The van der Waals surface area contributed by atoms with Crippen LogP contribution in [0.1, 0.15) is 28.0 Å². The second kappa shape index (κ2) is 9.32. The van der Waals surface area contributed by atoms with E-state index in [4.69, 9.17) is 4.74 Å². The molecule has 30 heavy (non-hydrogen) atoms. The number of aromatic nitrogens is 2. The number of nitro benzene ring substituents is 1. The van der Waals surface area contributed by atoms with Crippen LogP contribution in [0.25, 0.3) is 16.9 Å². The summed E-state index contributed by atoms with van der Waals surface area (Å²) in [6, 6.07) is 13.7. The van der Waals surface area contributed by atoms with E-state index in [0.29, 0.717) is 36.5 Å². The van der Waals surface area contributed by atoms with Gasteiger partial charge in [0.25, 0.3) is 11.6 Å². The summed E-state index contributed by atoms with van der Waals surface area (Å²) in [6.07, 6.45) is 0.704. The van der Waals surface area contributed by atoms with Crippen LogP contribution in [0.3, 0.4) is 0 Å². The molecule has 0 aliphatic carbocycles. The maximum atomic E-state index is 12.9. The molecule has 0 aliphatic rings. The van der Waals surface area contributed by atoms with E-state index in [0.717, 1.165) is 16.8 Å². The molecule has 0 fully saturated rings. The quantitative estimate of drug-likeness (QED) is 0.347. The highest BCUT2D eigenvalue weighted by Crippen LogP contribution is 2.25. The number of nitrogens with one attached hydrogen (secondary N) is 1. The van der Waals surface area contributed by atoms with E-state index in [1.807, 2.05) is 32.0 Å². The smallest absolute Gasteiger partial charge is 0.270 e. The Morgan fingerprint density at radius 2 is 1.90 bits per heavy atom. The molecule has 0 spiro atoms. The normalized spacial score (nSPS) is 10.8. The molecule has 0 saturated heterocycles. The Morgan fingerprint density at radius 1 is 1.17 bits per heavy atom. The second-order valence-electron chi connectivity index (χ2n) is 7.02. The van der Waals surface area contributed by atoms with Gasteiger partial charge in [0.05, 0.1) is 16.3 Å². The van der Waals surface area contributed by atoms with Crippen molar-refractivity contribution in [1.82, 2.24) is 15.1 Å². The number of ether oxygens (including phenoxy) is 1. The van der Waals surface area contributed by atoms with Crippen LogP contribution < -0.4 is 5.32 Å². The number of nitrogens with zero attached hydrogens (tertiary/aromatic N) is 3. The highest BCUT2D eigenvalue weighted by atomic mass is 16.6. The highest BCUT2D eigenvalue weighted by molar-refractivity contribution is 5.94. The largest absolute Gasteiger partial charge is 0.385 e. The molecule has 1 heterocycles. The fraction of sp³-hybridized carbons (Fsp3) is 0.273. The van der Waals surface area contributed by atoms with Gasteiger partial charge in [-0.2, -0.15) is 5.10 Å².